The second-order valence-electron chi connectivity index (χ2n) is 10.4. The summed E-state index contributed by atoms with van der Waals surface area (Å²) >= 11 is 1.14. The third-order valence-corrected chi connectivity index (χ3v) is 10.3. The number of alkyl halides is 3. The number of benzene rings is 2. The van der Waals surface area contributed by atoms with Crippen LogP contribution in [0, 0.1) is 24.2 Å². The minimum absolute atomic E-state index is 0.0217. The highest BCUT2D eigenvalue weighted by Crippen LogP contribution is 2.40. The van der Waals surface area contributed by atoms with Gasteiger partial charge in [0.2, 0.25) is 0 Å². The van der Waals surface area contributed by atoms with Gasteiger partial charge in [0.25, 0.3) is 0 Å². The maximum atomic E-state index is 15.1. The highest BCUT2D eigenvalue weighted by atomic mass is 32.2. The lowest BCUT2D eigenvalue weighted by Gasteiger charge is -2.29. The van der Waals surface area contributed by atoms with Gasteiger partial charge in [0.15, 0.2) is 5.75 Å². The molecule has 0 unspecified atom stereocenters. The van der Waals surface area contributed by atoms with E-state index in [1.807, 2.05) is 4.90 Å². The van der Waals surface area contributed by atoms with E-state index in [9.17, 15) is 21.6 Å². The van der Waals surface area contributed by atoms with E-state index in [2.05, 4.69) is 27.3 Å². The number of nitrogens with zero attached hydrogens (tertiary/aromatic N) is 2. The van der Waals surface area contributed by atoms with Gasteiger partial charge in [-0.15, -0.1) is 11.3 Å². The van der Waals surface area contributed by atoms with Crippen molar-refractivity contribution in [1.82, 2.24) is 0 Å². The van der Waals surface area contributed by atoms with E-state index in [1.54, 1.807) is 18.2 Å². The van der Waals surface area contributed by atoms with Crippen LogP contribution in [0.5, 0.6) is 5.75 Å². The van der Waals surface area contributed by atoms with Crippen molar-refractivity contribution in [3.05, 3.63) is 58.0 Å². The van der Waals surface area contributed by atoms with Gasteiger partial charge in [0, 0.05) is 31.3 Å². The summed E-state index contributed by atoms with van der Waals surface area (Å²) in [6.45, 7) is 8.70. The summed E-state index contributed by atoms with van der Waals surface area (Å²) in [5, 5.41) is 6.75. The summed E-state index contributed by atoms with van der Waals surface area (Å²) in [5.41, 5.74) is 1.31. The van der Waals surface area contributed by atoms with Crippen LogP contribution in [-0.2, 0) is 21.0 Å². The number of hydrogen-bond donors (Lipinski definition) is 2. The Bertz CT molecular complexity index is 1700. The van der Waals surface area contributed by atoms with Crippen LogP contribution in [0.25, 0.3) is 14.9 Å². The van der Waals surface area contributed by atoms with Gasteiger partial charge in [-0.1, -0.05) is 24.0 Å². The van der Waals surface area contributed by atoms with Crippen LogP contribution in [0.2, 0.25) is 0 Å². The SMILES string of the molecule is [C-]#[N+]COc1cc(N2CCOCC2)c(F)cc1NCC#Cc1sc2c(NC3CCS(=O)(=O)CC3)cccc2c1CC(F)(F)F. The van der Waals surface area contributed by atoms with Crippen LogP contribution in [0.1, 0.15) is 23.3 Å². The molecule has 8 nitrogen and oxygen atoms in total. The topological polar surface area (TPSA) is 84.3 Å². The van der Waals surface area contributed by atoms with E-state index in [-0.39, 0.29) is 52.7 Å². The number of anilines is 3. The Hall–Kier alpha value is -3.72. The normalized spacial score (nSPS) is 17.0. The summed E-state index contributed by atoms with van der Waals surface area (Å²) in [6.07, 6.45) is -4.77. The van der Waals surface area contributed by atoms with Crippen LogP contribution < -0.4 is 20.3 Å². The van der Waals surface area contributed by atoms with Crippen LogP contribution in [0.3, 0.4) is 0 Å². The van der Waals surface area contributed by atoms with Crippen molar-refractivity contribution in [2.45, 2.75) is 31.5 Å². The minimum atomic E-state index is -4.46. The fraction of sp³-hybridized carbons (Fsp3) is 0.433. The molecule has 3 aromatic rings. The number of nitrogens with one attached hydrogen (secondary N) is 2. The van der Waals surface area contributed by atoms with Crippen molar-refractivity contribution in [2.75, 3.05) is 66.6 Å². The fourth-order valence-electron chi connectivity index (χ4n) is 5.23. The Morgan fingerprint density at radius 2 is 1.91 bits per heavy atom. The predicted molar refractivity (Wildman–Crippen MR) is 164 cm³/mol. The first kappa shape index (κ1) is 31.7. The highest BCUT2D eigenvalue weighted by Gasteiger charge is 2.31. The van der Waals surface area contributed by atoms with E-state index in [0.29, 0.717) is 60.6 Å². The average Bonchev–Trinajstić information content (AvgIpc) is 3.32. The summed E-state index contributed by atoms with van der Waals surface area (Å²) in [5.74, 6) is 5.63. The maximum Gasteiger partial charge on any atom is 0.393 e. The number of fused-ring (bicyclic) bond motifs is 1. The van der Waals surface area contributed by atoms with Crippen LogP contribution in [0.4, 0.5) is 34.6 Å². The lowest BCUT2D eigenvalue weighted by atomic mass is 10.1. The molecule has 234 valence electrons. The van der Waals surface area contributed by atoms with Gasteiger partial charge < -0.3 is 25.0 Å². The standard InChI is InChI=1S/C30H30F4N4O4S2/c1-35-19-42-27-17-26(38-10-12-41-13-11-38)23(31)16-25(27)36-9-3-6-28-22(18-30(32,33)34)21-4-2-5-24(29(21)43-28)37-20-7-14-44(39,40)15-8-20/h2,4-5,16-17,20,36-37H,7-15,18-19H2. The molecule has 14 heteroatoms. The molecule has 2 aliphatic rings. The quantitative estimate of drug-likeness (QED) is 0.184. The largest absolute Gasteiger partial charge is 0.424 e. The molecule has 0 spiro atoms. The third-order valence-electron chi connectivity index (χ3n) is 7.36. The molecule has 0 aliphatic carbocycles. The molecule has 5 rings (SSSR count). The second-order valence-corrected chi connectivity index (χ2v) is 13.8. The molecule has 0 amide bonds. The van der Waals surface area contributed by atoms with Gasteiger partial charge in [-0.3, -0.25) is 4.85 Å². The Kier molecular flexibility index (Phi) is 9.73. The van der Waals surface area contributed by atoms with Crippen LogP contribution in [0.15, 0.2) is 30.3 Å². The molecule has 2 aliphatic heterocycles. The molecule has 0 saturated carbocycles. The van der Waals surface area contributed by atoms with E-state index >= 15 is 4.39 Å². The third kappa shape index (κ3) is 7.86. The highest BCUT2D eigenvalue weighted by molar-refractivity contribution is 7.91. The molecule has 2 N–H and O–H groups in total. The zero-order valence-electron chi connectivity index (χ0n) is 23.6. The van der Waals surface area contributed by atoms with Crippen molar-refractivity contribution >= 4 is 48.3 Å². The molecule has 0 radical (unpaired) electrons. The van der Waals surface area contributed by atoms with Gasteiger partial charge in [-0.25, -0.2) is 19.4 Å². The number of hydrogen-bond acceptors (Lipinski definition) is 8. The molecule has 1 aromatic heterocycles. The predicted octanol–water partition coefficient (Wildman–Crippen LogP) is 5.69. The van der Waals surface area contributed by atoms with Gasteiger partial charge in [0.05, 0.1) is 64.3 Å². The molecule has 2 aromatic carbocycles. The van der Waals surface area contributed by atoms with Crippen molar-refractivity contribution in [2.24, 2.45) is 0 Å². The first-order chi connectivity index (χ1) is 21.0. The molecule has 3 heterocycles. The summed E-state index contributed by atoms with van der Waals surface area (Å²) < 4.78 is 91.1. The minimum Gasteiger partial charge on any atom is -0.424 e. The second kappa shape index (κ2) is 13.5. The Labute approximate surface area is 257 Å². The van der Waals surface area contributed by atoms with E-state index in [1.165, 1.54) is 12.1 Å². The van der Waals surface area contributed by atoms with E-state index in [0.717, 1.165) is 11.3 Å². The van der Waals surface area contributed by atoms with Gasteiger partial charge in [-0.05, 0) is 29.9 Å². The van der Waals surface area contributed by atoms with Crippen LogP contribution >= 0.6 is 11.3 Å². The number of ether oxygens (including phenoxy) is 2. The molecule has 44 heavy (non-hydrogen) atoms. The smallest absolute Gasteiger partial charge is 0.393 e. The van der Waals surface area contributed by atoms with Gasteiger partial charge >= 0.3 is 12.9 Å². The molecule has 0 atom stereocenters. The molecular weight excluding hydrogens is 620 g/mol. The number of thiophene rings is 1. The molecule has 2 saturated heterocycles. The zero-order chi connectivity index (χ0) is 31.3. The van der Waals surface area contributed by atoms with Crippen molar-refractivity contribution < 1.29 is 35.5 Å². The van der Waals surface area contributed by atoms with Crippen LogP contribution in [-0.4, -0.2) is 71.7 Å². The van der Waals surface area contributed by atoms with Crippen molar-refractivity contribution in [3.63, 3.8) is 0 Å². The number of sulfone groups is 1. The Morgan fingerprint density at radius 1 is 1.16 bits per heavy atom. The molecule has 0 bridgehead atoms. The van der Waals surface area contributed by atoms with Crippen molar-refractivity contribution in [3.8, 4) is 17.6 Å². The van der Waals surface area contributed by atoms with Gasteiger partial charge in [0.1, 0.15) is 15.7 Å². The molecular formula is C30H30F4N4O4S2. The summed E-state index contributed by atoms with van der Waals surface area (Å²) in [4.78, 5) is 5.30. The maximum absolute atomic E-state index is 15.1. The Balaban J connectivity index is 1.39. The van der Waals surface area contributed by atoms with E-state index < -0.39 is 28.3 Å². The van der Waals surface area contributed by atoms with Gasteiger partial charge in [-0.2, -0.15) is 13.2 Å². The first-order valence-corrected chi connectivity index (χ1v) is 16.6. The summed E-state index contributed by atoms with van der Waals surface area (Å²) in [6, 6.07) is 7.75. The number of morpholine rings is 1. The van der Waals surface area contributed by atoms with Crippen molar-refractivity contribution in [1.29, 1.82) is 0 Å². The lowest BCUT2D eigenvalue weighted by Crippen LogP contribution is -2.36. The summed E-state index contributed by atoms with van der Waals surface area (Å²) in [7, 11) is -3.06. The fourth-order valence-corrected chi connectivity index (χ4v) is 7.89. The monoisotopic (exact) mass is 650 g/mol. The number of halogens is 4. The van der Waals surface area contributed by atoms with E-state index in [4.69, 9.17) is 16.0 Å². The zero-order valence-corrected chi connectivity index (χ0v) is 25.2. The molecule has 2 fully saturated rings. The number of rotatable bonds is 8. The lowest BCUT2D eigenvalue weighted by molar-refractivity contribution is -0.126. The Morgan fingerprint density at radius 3 is 2.61 bits per heavy atom. The first-order valence-electron chi connectivity index (χ1n) is 14.0. The average molecular weight is 651 g/mol.